The van der Waals surface area contributed by atoms with Gasteiger partial charge in [-0.15, -0.1) is 0 Å². The minimum absolute atomic E-state index is 0.0249. The number of nitrogens with zero attached hydrogens (tertiary/aromatic N) is 1. The van der Waals surface area contributed by atoms with E-state index in [4.69, 9.17) is 0 Å². The highest BCUT2D eigenvalue weighted by Crippen LogP contribution is 2.22. The first kappa shape index (κ1) is 17.9. The molecule has 0 saturated carbocycles. The molecule has 1 heterocycles. The third-order valence-electron chi connectivity index (χ3n) is 4.64. The number of carbonyl (C=O) groups is 2. The van der Waals surface area contributed by atoms with Crippen LogP contribution in [0.3, 0.4) is 0 Å². The normalized spacial score (nSPS) is 14.9. The molecule has 0 aromatic heterocycles. The topological polar surface area (TPSA) is 69.6 Å². The molecule has 0 unspecified atom stereocenters. The Morgan fingerprint density at radius 3 is 2.46 bits per heavy atom. The first-order valence-corrected chi connectivity index (χ1v) is 8.65. The molecule has 1 fully saturated rings. The van der Waals surface area contributed by atoms with Crippen LogP contribution in [0.1, 0.15) is 18.4 Å². The number of amides is 2. The molecule has 1 aliphatic heterocycles. The molecule has 1 saturated heterocycles. The Hall–Kier alpha value is -2.89. The Morgan fingerprint density at radius 2 is 1.81 bits per heavy atom. The van der Waals surface area contributed by atoms with Crippen LogP contribution in [0.15, 0.2) is 48.5 Å². The van der Waals surface area contributed by atoms with Gasteiger partial charge in [-0.25, -0.2) is 4.39 Å². The number of nitrogens with one attached hydrogen (secondary N) is 1. The zero-order valence-corrected chi connectivity index (χ0v) is 14.3. The molecular formula is C20H21FN2O3. The van der Waals surface area contributed by atoms with Crippen LogP contribution in [0.25, 0.3) is 0 Å². The summed E-state index contributed by atoms with van der Waals surface area (Å²) < 4.78 is 13.0. The number of phenols is 1. The first-order valence-electron chi connectivity index (χ1n) is 8.65. The van der Waals surface area contributed by atoms with E-state index in [0.29, 0.717) is 24.7 Å². The van der Waals surface area contributed by atoms with Crippen molar-refractivity contribution in [3.8, 4) is 5.75 Å². The zero-order valence-electron chi connectivity index (χ0n) is 14.3. The quantitative estimate of drug-likeness (QED) is 0.831. The monoisotopic (exact) mass is 356 g/mol. The number of phenolic OH excluding ortho intramolecular Hbond substituents is 1. The minimum Gasteiger partial charge on any atom is -0.508 e. The highest BCUT2D eigenvalue weighted by Gasteiger charge is 2.27. The second-order valence-electron chi connectivity index (χ2n) is 6.57. The van der Waals surface area contributed by atoms with E-state index in [1.54, 1.807) is 29.2 Å². The summed E-state index contributed by atoms with van der Waals surface area (Å²) in [7, 11) is 0. The number of hydrogen-bond donors (Lipinski definition) is 2. The van der Waals surface area contributed by atoms with E-state index in [0.717, 1.165) is 24.8 Å². The molecule has 0 radical (unpaired) electrons. The van der Waals surface area contributed by atoms with Crippen LogP contribution >= 0.6 is 0 Å². The average Bonchev–Trinajstić information content (AvgIpc) is 2.64. The fourth-order valence-corrected chi connectivity index (χ4v) is 3.21. The minimum atomic E-state index is -0.701. The number of hydrogen-bond acceptors (Lipinski definition) is 3. The van der Waals surface area contributed by atoms with Gasteiger partial charge in [0.25, 0.3) is 0 Å². The molecule has 0 atom stereocenters. The molecule has 2 aromatic carbocycles. The number of carbonyl (C=O) groups excluding carboxylic acids is 2. The number of rotatable bonds is 3. The average molecular weight is 356 g/mol. The second kappa shape index (κ2) is 7.99. The van der Waals surface area contributed by atoms with E-state index in [1.165, 1.54) is 24.3 Å². The summed E-state index contributed by atoms with van der Waals surface area (Å²) in [4.78, 5) is 26.0. The summed E-state index contributed by atoms with van der Waals surface area (Å²) in [5, 5.41) is 11.9. The van der Waals surface area contributed by atoms with E-state index in [-0.39, 0.29) is 11.6 Å². The van der Waals surface area contributed by atoms with E-state index in [1.807, 2.05) is 0 Å². The zero-order chi connectivity index (χ0) is 18.5. The van der Waals surface area contributed by atoms with Crippen molar-refractivity contribution in [1.82, 2.24) is 4.90 Å². The summed E-state index contributed by atoms with van der Waals surface area (Å²) in [6.07, 6.45) is 2.46. The van der Waals surface area contributed by atoms with Gasteiger partial charge in [-0.05, 0) is 55.0 Å². The van der Waals surface area contributed by atoms with Crippen LogP contribution in [-0.4, -0.2) is 34.9 Å². The van der Waals surface area contributed by atoms with Crippen LogP contribution in [0.5, 0.6) is 5.75 Å². The number of benzene rings is 2. The standard InChI is InChI=1S/C20H21FN2O3/c21-16-6-4-14(5-7-16)12-15-8-10-23(11-9-15)20(26)19(25)22-17-2-1-3-18(24)13-17/h1-7,13,15,24H,8-12H2,(H,22,25). The Bertz CT molecular complexity index is 784. The lowest BCUT2D eigenvalue weighted by molar-refractivity contribution is -0.144. The van der Waals surface area contributed by atoms with Gasteiger partial charge in [-0.2, -0.15) is 0 Å². The molecule has 5 nitrogen and oxygen atoms in total. The van der Waals surface area contributed by atoms with E-state index >= 15 is 0 Å². The Morgan fingerprint density at radius 1 is 1.12 bits per heavy atom. The van der Waals surface area contributed by atoms with Gasteiger partial charge in [-0.1, -0.05) is 18.2 Å². The van der Waals surface area contributed by atoms with Crippen LogP contribution < -0.4 is 5.32 Å². The van der Waals surface area contributed by atoms with Gasteiger partial charge in [-0.3, -0.25) is 9.59 Å². The molecule has 6 heteroatoms. The maximum Gasteiger partial charge on any atom is 0.313 e. The van der Waals surface area contributed by atoms with Gasteiger partial charge in [0.1, 0.15) is 11.6 Å². The smallest absolute Gasteiger partial charge is 0.313 e. The van der Waals surface area contributed by atoms with Gasteiger partial charge in [0, 0.05) is 24.8 Å². The summed E-state index contributed by atoms with van der Waals surface area (Å²) in [5.74, 6) is -1.07. The van der Waals surface area contributed by atoms with Crippen LogP contribution in [-0.2, 0) is 16.0 Å². The third-order valence-corrected chi connectivity index (χ3v) is 4.64. The van der Waals surface area contributed by atoms with Crippen LogP contribution in [0.2, 0.25) is 0 Å². The molecule has 2 N–H and O–H groups in total. The lowest BCUT2D eigenvalue weighted by Crippen LogP contribution is -2.44. The molecular weight excluding hydrogens is 335 g/mol. The Labute approximate surface area is 151 Å². The SMILES string of the molecule is O=C(Nc1cccc(O)c1)C(=O)N1CCC(Cc2ccc(F)cc2)CC1. The van der Waals surface area contributed by atoms with Gasteiger partial charge < -0.3 is 15.3 Å². The van der Waals surface area contributed by atoms with Crippen LogP contribution in [0.4, 0.5) is 10.1 Å². The Balaban J connectivity index is 1.49. The van der Waals surface area contributed by atoms with Crippen molar-refractivity contribution in [2.45, 2.75) is 19.3 Å². The molecule has 0 spiro atoms. The molecule has 136 valence electrons. The summed E-state index contributed by atoms with van der Waals surface area (Å²) in [6.45, 7) is 1.05. The molecule has 1 aliphatic rings. The predicted molar refractivity (Wildman–Crippen MR) is 96.1 cm³/mol. The highest BCUT2D eigenvalue weighted by molar-refractivity contribution is 6.39. The largest absolute Gasteiger partial charge is 0.508 e. The van der Waals surface area contributed by atoms with Crippen molar-refractivity contribution < 1.29 is 19.1 Å². The molecule has 2 aromatic rings. The fraction of sp³-hybridized carbons (Fsp3) is 0.300. The molecule has 3 rings (SSSR count). The second-order valence-corrected chi connectivity index (χ2v) is 6.57. The lowest BCUT2D eigenvalue weighted by atomic mass is 9.90. The fourth-order valence-electron chi connectivity index (χ4n) is 3.21. The first-order chi connectivity index (χ1) is 12.5. The number of halogens is 1. The molecule has 26 heavy (non-hydrogen) atoms. The van der Waals surface area contributed by atoms with Crippen molar-refractivity contribution in [2.24, 2.45) is 5.92 Å². The van der Waals surface area contributed by atoms with Crippen LogP contribution in [0, 0.1) is 11.7 Å². The molecule has 0 aliphatic carbocycles. The van der Waals surface area contributed by atoms with Gasteiger partial charge >= 0.3 is 11.8 Å². The number of piperidine rings is 1. The Kier molecular flexibility index (Phi) is 5.51. The van der Waals surface area contributed by atoms with Gasteiger partial charge in [0.05, 0.1) is 0 Å². The van der Waals surface area contributed by atoms with Crippen molar-refractivity contribution in [3.63, 3.8) is 0 Å². The van der Waals surface area contributed by atoms with E-state index in [9.17, 15) is 19.1 Å². The van der Waals surface area contributed by atoms with Crippen molar-refractivity contribution >= 4 is 17.5 Å². The summed E-state index contributed by atoms with van der Waals surface area (Å²) in [6, 6.07) is 12.6. The van der Waals surface area contributed by atoms with Crippen molar-refractivity contribution in [1.29, 1.82) is 0 Å². The maximum absolute atomic E-state index is 13.0. The van der Waals surface area contributed by atoms with E-state index < -0.39 is 11.8 Å². The van der Waals surface area contributed by atoms with Gasteiger partial charge in [0.15, 0.2) is 0 Å². The number of likely N-dealkylation sites (tertiary alicyclic amines) is 1. The predicted octanol–water partition coefficient (Wildman–Crippen LogP) is 2.95. The molecule has 0 bridgehead atoms. The summed E-state index contributed by atoms with van der Waals surface area (Å²) >= 11 is 0. The van der Waals surface area contributed by atoms with Crippen molar-refractivity contribution in [2.75, 3.05) is 18.4 Å². The molecule has 2 amide bonds. The summed E-state index contributed by atoms with van der Waals surface area (Å²) in [5.41, 5.74) is 1.47. The van der Waals surface area contributed by atoms with E-state index in [2.05, 4.69) is 5.32 Å². The number of aromatic hydroxyl groups is 1. The third kappa shape index (κ3) is 4.59. The lowest BCUT2D eigenvalue weighted by Gasteiger charge is -2.31. The van der Waals surface area contributed by atoms with Crippen molar-refractivity contribution in [3.05, 3.63) is 59.9 Å². The maximum atomic E-state index is 13.0. The number of anilines is 1. The highest BCUT2D eigenvalue weighted by atomic mass is 19.1. The van der Waals surface area contributed by atoms with Gasteiger partial charge in [0.2, 0.25) is 0 Å².